The Labute approximate surface area is 178 Å². The van der Waals surface area contributed by atoms with Gasteiger partial charge < -0.3 is 16.4 Å². The van der Waals surface area contributed by atoms with Crippen LogP contribution in [0.2, 0.25) is 0 Å². The monoisotopic (exact) mass is 419 g/mol. The number of hydrogen-bond donors (Lipinski definition) is 3. The number of benzene rings is 1. The van der Waals surface area contributed by atoms with Gasteiger partial charge in [0.2, 0.25) is 5.91 Å². The first kappa shape index (κ1) is 22.3. The van der Waals surface area contributed by atoms with Gasteiger partial charge >= 0.3 is 0 Å². The second-order valence-electron chi connectivity index (χ2n) is 8.91. The van der Waals surface area contributed by atoms with Gasteiger partial charge in [-0.1, -0.05) is 44.4 Å². The zero-order chi connectivity index (χ0) is 20.8. The van der Waals surface area contributed by atoms with E-state index in [1.165, 1.54) is 19.3 Å². The molecule has 1 aromatic carbocycles. The first-order chi connectivity index (χ1) is 14.0. The molecule has 1 saturated heterocycles. The zero-order valence-corrected chi connectivity index (χ0v) is 18.7. The van der Waals surface area contributed by atoms with Crippen molar-refractivity contribution in [1.29, 1.82) is 0 Å². The van der Waals surface area contributed by atoms with E-state index >= 15 is 0 Å². The SMILES string of the molecule is CCCCC1CCC(C(=O)NC(Nc2ccccc2C)C2CS(=O)CC2N)CC1. The number of nitrogens with one attached hydrogen (secondary N) is 2. The molecule has 29 heavy (non-hydrogen) atoms. The normalized spacial score (nSPS) is 30.7. The number of aryl methyl sites for hydroxylation is 1. The van der Waals surface area contributed by atoms with Crippen molar-refractivity contribution in [3.63, 3.8) is 0 Å². The van der Waals surface area contributed by atoms with Crippen LogP contribution in [0.5, 0.6) is 0 Å². The number of nitrogens with two attached hydrogens (primary N) is 1. The Hall–Kier alpha value is -1.40. The van der Waals surface area contributed by atoms with Crippen molar-refractivity contribution in [2.75, 3.05) is 16.8 Å². The molecule has 0 aromatic heterocycles. The van der Waals surface area contributed by atoms with E-state index in [1.807, 2.05) is 31.2 Å². The largest absolute Gasteiger partial charge is 0.365 e. The number of carbonyl (C=O) groups is 1. The fourth-order valence-electron chi connectivity index (χ4n) is 4.72. The Bertz CT molecular complexity index is 703. The Balaban J connectivity index is 1.64. The number of para-hydroxylation sites is 1. The summed E-state index contributed by atoms with van der Waals surface area (Å²) >= 11 is 0. The van der Waals surface area contributed by atoms with Gasteiger partial charge in [0.25, 0.3) is 0 Å². The summed E-state index contributed by atoms with van der Waals surface area (Å²) in [5, 5.41) is 6.75. The van der Waals surface area contributed by atoms with E-state index in [0.29, 0.717) is 11.5 Å². The molecule has 2 aliphatic rings. The van der Waals surface area contributed by atoms with Crippen molar-refractivity contribution in [2.24, 2.45) is 23.5 Å². The number of unbranched alkanes of at least 4 members (excludes halogenated alkanes) is 1. The predicted molar refractivity (Wildman–Crippen MR) is 121 cm³/mol. The molecule has 1 saturated carbocycles. The number of amides is 1. The topological polar surface area (TPSA) is 84.2 Å². The van der Waals surface area contributed by atoms with Crippen LogP contribution in [0.25, 0.3) is 0 Å². The van der Waals surface area contributed by atoms with Gasteiger partial charge in [0.15, 0.2) is 0 Å². The summed E-state index contributed by atoms with van der Waals surface area (Å²) < 4.78 is 12.1. The number of carbonyl (C=O) groups excluding carboxylic acids is 1. The van der Waals surface area contributed by atoms with E-state index in [1.54, 1.807) is 0 Å². The quantitative estimate of drug-likeness (QED) is 0.563. The molecule has 1 aliphatic heterocycles. The molecular weight excluding hydrogens is 382 g/mol. The van der Waals surface area contributed by atoms with Gasteiger partial charge in [-0.2, -0.15) is 0 Å². The molecule has 2 fully saturated rings. The van der Waals surface area contributed by atoms with Gasteiger partial charge in [-0.3, -0.25) is 9.00 Å². The van der Waals surface area contributed by atoms with Gasteiger partial charge in [-0.25, -0.2) is 0 Å². The Kier molecular flexibility index (Phi) is 8.13. The third kappa shape index (κ3) is 6.05. The molecule has 6 heteroatoms. The highest BCUT2D eigenvalue weighted by Crippen LogP contribution is 2.32. The van der Waals surface area contributed by atoms with E-state index in [4.69, 9.17) is 5.73 Å². The maximum atomic E-state index is 13.1. The lowest BCUT2D eigenvalue weighted by Gasteiger charge is -2.33. The van der Waals surface area contributed by atoms with Crippen LogP contribution in [0.1, 0.15) is 57.4 Å². The fraction of sp³-hybridized carbons (Fsp3) is 0.696. The van der Waals surface area contributed by atoms with Crippen molar-refractivity contribution < 1.29 is 9.00 Å². The fourth-order valence-corrected chi connectivity index (χ4v) is 6.40. The van der Waals surface area contributed by atoms with Crippen molar-refractivity contribution in [3.8, 4) is 0 Å². The lowest BCUT2D eigenvalue weighted by atomic mass is 9.79. The lowest BCUT2D eigenvalue weighted by molar-refractivity contribution is -0.127. The van der Waals surface area contributed by atoms with Crippen LogP contribution in [0.15, 0.2) is 24.3 Å². The summed E-state index contributed by atoms with van der Waals surface area (Å²) in [5.74, 6) is 2.00. The minimum Gasteiger partial charge on any atom is -0.365 e. The maximum absolute atomic E-state index is 13.1. The minimum atomic E-state index is -0.911. The summed E-state index contributed by atoms with van der Waals surface area (Å²) in [6.07, 6.45) is 7.80. The molecule has 4 unspecified atom stereocenters. The van der Waals surface area contributed by atoms with Gasteiger partial charge in [0.05, 0.1) is 0 Å². The van der Waals surface area contributed by atoms with E-state index < -0.39 is 10.8 Å². The summed E-state index contributed by atoms with van der Waals surface area (Å²) in [6, 6.07) is 7.89. The summed E-state index contributed by atoms with van der Waals surface area (Å²) in [6.45, 7) is 4.28. The second kappa shape index (κ2) is 10.6. The Morgan fingerprint density at radius 2 is 1.93 bits per heavy atom. The van der Waals surface area contributed by atoms with Crippen molar-refractivity contribution in [1.82, 2.24) is 5.32 Å². The van der Waals surface area contributed by atoms with Crippen molar-refractivity contribution >= 4 is 22.4 Å². The molecule has 0 spiro atoms. The standard InChI is InChI=1S/C23H37N3O2S/c1-3-4-8-17-10-12-18(13-11-17)23(27)26-22(19-14-29(28)15-20(19)24)25-21-9-6-5-7-16(21)2/h5-7,9,17-20,22,25H,3-4,8,10-15,24H2,1-2H3,(H,26,27). The smallest absolute Gasteiger partial charge is 0.224 e. The van der Waals surface area contributed by atoms with Crippen LogP contribution >= 0.6 is 0 Å². The first-order valence-electron chi connectivity index (χ1n) is 11.2. The Morgan fingerprint density at radius 1 is 1.21 bits per heavy atom. The average molecular weight is 420 g/mol. The molecule has 1 aliphatic carbocycles. The van der Waals surface area contributed by atoms with Crippen LogP contribution in [0, 0.1) is 24.7 Å². The highest BCUT2D eigenvalue weighted by molar-refractivity contribution is 7.85. The van der Waals surface area contributed by atoms with Crippen molar-refractivity contribution in [2.45, 2.75) is 71.0 Å². The number of hydrogen-bond acceptors (Lipinski definition) is 4. The van der Waals surface area contributed by atoms with Gasteiger partial charge in [0, 0.05) is 45.9 Å². The molecule has 4 N–H and O–H groups in total. The van der Waals surface area contributed by atoms with Gasteiger partial charge in [0.1, 0.15) is 6.17 Å². The molecule has 3 rings (SSSR count). The van der Waals surface area contributed by atoms with E-state index in [9.17, 15) is 9.00 Å². The van der Waals surface area contributed by atoms with E-state index in [0.717, 1.165) is 42.9 Å². The molecular formula is C23H37N3O2S. The van der Waals surface area contributed by atoms with E-state index in [-0.39, 0.29) is 30.0 Å². The first-order valence-corrected chi connectivity index (χ1v) is 12.7. The van der Waals surface area contributed by atoms with Crippen LogP contribution in [0.3, 0.4) is 0 Å². The molecule has 1 amide bonds. The molecule has 5 nitrogen and oxygen atoms in total. The lowest BCUT2D eigenvalue weighted by Crippen LogP contribution is -2.53. The summed E-state index contributed by atoms with van der Waals surface area (Å²) in [5.41, 5.74) is 8.41. The molecule has 162 valence electrons. The Morgan fingerprint density at radius 3 is 2.55 bits per heavy atom. The summed E-state index contributed by atoms with van der Waals surface area (Å²) in [7, 11) is -0.911. The summed E-state index contributed by atoms with van der Waals surface area (Å²) in [4.78, 5) is 13.1. The van der Waals surface area contributed by atoms with E-state index in [2.05, 4.69) is 17.6 Å². The number of anilines is 1. The second-order valence-corrected chi connectivity index (χ2v) is 10.5. The van der Waals surface area contributed by atoms with Gasteiger partial charge in [-0.05, 0) is 50.2 Å². The highest BCUT2D eigenvalue weighted by atomic mass is 32.2. The molecule has 1 aromatic rings. The molecule has 0 bridgehead atoms. The van der Waals surface area contributed by atoms with Crippen LogP contribution < -0.4 is 16.4 Å². The van der Waals surface area contributed by atoms with Crippen LogP contribution in [-0.2, 0) is 15.6 Å². The highest BCUT2D eigenvalue weighted by Gasteiger charge is 2.38. The van der Waals surface area contributed by atoms with Gasteiger partial charge in [-0.15, -0.1) is 0 Å². The molecule has 1 heterocycles. The third-order valence-electron chi connectivity index (χ3n) is 6.67. The van der Waals surface area contributed by atoms with Crippen LogP contribution in [0.4, 0.5) is 5.69 Å². The predicted octanol–water partition coefficient (Wildman–Crippen LogP) is 3.55. The zero-order valence-electron chi connectivity index (χ0n) is 17.9. The maximum Gasteiger partial charge on any atom is 0.224 e. The van der Waals surface area contributed by atoms with Crippen molar-refractivity contribution in [3.05, 3.63) is 29.8 Å². The third-order valence-corrected chi connectivity index (χ3v) is 8.19. The molecule has 4 atom stereocenters. The van der Waals surface area contributed by atoms with Crippen LogP contribution in [-0.4, -0.2) is 33.8 Å². The number of rotatable bonds is 8. The minimum absolute atomic E-state index is 0.0275. The molecule has 0 radical (unpaired) electrons. The average Bonchev–Trinajstić information content (AvgIpc) is 3.05.